The molecule has 0 spiro atoms. The highest BCUT2D eigenvalue weighted by Crippen LogP contribution is 2.21. The second kappa shape index (κ2) is 10.2. The number of carbonyl (C=O) groups is 1. The second-order valence-corrected chi connectivity index (χ2v) is 4.51. The van der Waals surface area contributed by atoms with E-state index >= 15 is 0 Å². The Kier molecular flexibility index (Phi) is 8.31. The minimum Gasteiger partial charge on any atom is -0.461 e. The fraction of sp³-hybridized carbons (Fsp3) is 0.312. The Morgan fingerprint density at radius 2 is 1.48 bits per heavy atom. The van der Waals surface area contributed by atoms with Crippen molar-refractivity contribution >= 4 is 5.78 Å². The molecule has 0 radical (unpaired) electrons. The molecule has 0 atom stereocenters. The highest BCUT2D eigenvalue weighted by atomic mass is 19.1. The van der Waals surface area contributed by atoms with Crippen molar-refractivity contribution in [2.45, 2.75) is 20.3 Å². The molecule has 2 heterocycles. The summed E-state index contributed by atoms with van der Waals surface area (Å²) in [4.78, 5) is 17.9. The Hall–Kier alpha value is -2.71. The molecule has 0 aliphatic rings. The van der Waals surface area contributed by atoms with Gasteiger partial charge in [0, 0.05) is 5.56 Å². The van der Waals surface area contributed by atoms with Crippen LogP contribution in [0, 0.1) is 11.6 Å². The lowest BCUT2D eigenvalue weighted by molar-refractivity contribution is 0.100. The maximum atomic E-state index is 12.9. The lowest BCUT2D eigenvalue weighted by Gasteiger charge is -2.06. The van der Waals surface area contributed by atoms with Crippen LogP contribution in [0.2, 0.25) is 0 Å². The van der Waals surface area contributed by atoms with Crippen molar-refractivity contribution in [3.05, 3.63) is 47.5 Å². The number of rotatable bonds is 6. The van der Waals surface area contributed by atoms with Crippen molar-refractivity contribution in [3.8, 4) is 11.5 Å². The zero-order valence-corrected chi connectivity index (χ0v) is 13.6. The minimum atomic E-state index is -1.12. The smallest absolute Gasteiger partial charge is 0.228 e. The third-order valence-electron chi connectivity index (χ3n) is 2.96. The van der Waals surface area contributed by atoms with Gasteiger partial charge < -0.3 is 9.47 Å². The predicted octanol–water partition coefficient (Wildman–Crippen LogP) is 3.82. The Bertz CT molecular complexity index is 714. The van der Waals surface area contributed by atoms with Gasteiger partial charge in [-0.2, -0.15) is 0 Å². The molecular weight excluding hydrogens is 344 g/mol. The molecule has 0 aliphatic heterocycles. The summed E-state index contributed by atoms with van der Waals surface area (Å²) in [5.41, 5.74) is 0.0929. The molecule has 5 nitrogen and oxygen atoms in total. The molecule has 2 aromatic rings. The quantitative estimate of drug-likeness (QED) is 0.579. The topological polar surface area (TPSA) is 61.3 Å². The van der Waals surface area contributed by atoms with Gasteiger partial charge in [0.05, 0.1) is 30.4 Å². The van der Waals surface area contributed by atoms with Gasteiger partial charge in [-0.15, -0.1) is 0 Å². The normalized spacial score (nSPS) is 9.84. The third kappa shape index (κ3) is 5.70. The molecular formula is C16H16F4N2O3. The Balaban J connectivity index is 0.000000251. The van der Waals surface area contributed by atoms with Gasteiger partial charge in [0.2, 0.25) is 13.7 Å². The summed E-state index contributed by atoms with van der Waals surface area (Å²) in [7, 11) is 0. The number of hydrogen-bond acceptors (Lipinski definition) is 5. The first-order valence-electron chi connectivity index (χ1n) is 7.10. The second-order valence-electron chi connectivity index (χ2n) is 4.51. The van der Waals surface area contributed by atoms with E-state index < -0.39 is 31.1 Å². The fourth-order valence-corrected chi connectivity index (χ4v) is 1.90. The lowest BCUT2D eigenvalue weighted by atomic mass is 10.2. The van der Waals surface area contributed by atoms with Gasteiger partial charge in [-0.1, -0.05) is 6.92 Å². The molecule has 0 aliphatic carbocycles. The molecule has 136 valence electrons. The Morgan fingerprint density at radius 3 is 2.00 bits per heavy atom. The summed E-state index contributed by atoms with van der Waals surface area (Å²) in [6.45, 7) is 0.858. The number of aromatic nitrogens is 2. The van der Waals surface area contributed by atoms with Crippen LogP contribution in [0.4, 0.5) is 17.6 Å². The number of halogens is 4. The van der Waals surface area contributed by atoms with Gasteiger partial charge in [0.25, 0.3) is 0 Å². The molecule has 0 amide bonds. The molecule has 0 N–H and O–H groups in total. The van der Waals surface area contributed by atoms with E-state index in [9.17, 15) is 22.4 Å². The van der Waals surface area contributed by atoms with E-state index in [4.69, 9.17) is 0 Å². The van der Waals surface area contributed by atoms with E-state index in [1.54, 1.807) is 6.92 Å². The number of ether oxygens (including phenoxy) is 2. The van der Waals surface area contributed by atoms with Crippen molar-refractivity contribution in [2.75, 3.05) is 13.7 Å². The highest BCUT2D eigenvalue weighted by molar-refractivity contribution is 5.96. The van der Waals surface area contributed by atoms with Crippen LogP contribution >= 0.6 is 0 Å². The molecule has 0 saturated heterocycles. The van der Waals surface area contributed by atoms with Crippen molar-refractivity contribution in [1.29, 1.82) is 0 Å². The van der Waals surface area contributed by atoms with Crippen LogP contribution in [0.1, 0.15) is 29.8 Å². The van der Waals surface area contributed by atoms with E-state index in [0.717, 1.165) is 18.6 Å². The summed E-state index contributed by atoms with van der Waals surface area (Å²) >= 11 is 0. The van der Waals surface area contributed by atoms with Crippen LogP contribution in [0.25, 0.3) is 0 Å². The summed E-state index contributed by atoms with van der Waals surface area (Å²) in [5.74, 6) is -1.78. The van der Waals surface area contributed by atoms with Crippen molar-refractivity contribution < 1.29 is 31.8 Å². The van der Waals surface area contributed by atoms with Crippen molar-refractivity contribution in [1.82, 2.24) is 9.97 Å². The van der Waals surface area contributed by atoms with Crippen molar-refractivity contribution in [3.63, 3.8) is 0 Å². The van der Waals surface area contributed by atoms with E-state index in [1.807, 2.05) is 0 Å². The number of carbonyl (C=O) groups excluding carboxylic acids is 1. The summed E-state index contributed by atoms with van der Waals surface area (Å²) in [6, 6.07) is 0. The molecule has 0 fully saturated rings. The van der Waals surface area contributed by atoms with Crippen LogP contribution in [0.15, 0.2) is 24.8 Å². The summed E-state index contributed by atoms with van der Waals surface area (Å²) in [6.07, 6.45) is 4.83. The Labute approximate surface area is 141 Å². The minimum absolute atomic E-state index is 0.171. The van der Waals surface area contributed by atoms with E-state index in [0.29, 0.717) is 12.0 Å². The van der Waals surface area contributed by atoms with Gasteiger partial charge in [-0.05, 0) is 13.3 Å². The van der Waals surface area contributed by atoms with Crippen LogP contribution in [0.3, 0.4) is 0 Å². The molecule has 25 heavy (non-hydrogen) atoms. The Morgan fingerprint density at radius 1 is 0.960 bits per heavy atom. The van der Waals surface area contributed by atoms with Gasteiger partial charge in [0.1, 0.15) is 11.6 Å². The molecule has 0 unspecified atom stereocenters. The largest absolute Gasteiger partial charge is 0.461 e. The average Bonchev–Trinajstić information content (AvgIpc) is 2.56. The molecule has 9 heteroatoms. The van der Waals surface area contributed by atoms with Gasteiger partial charge >= 0.3 is 0 Å². The first kappa shape index (κ1) is 20.3. The van der Waals surface area contributed by atoms with Gasteiger partial charge in [-0.3, -0.25) is 14.8 Å². The maximum Gasteiger partial charge on any atom is 0.228 e. The summed E-state index contributed by atoms with van der Waals surface area (Å²) in [5, 5.41) is 0. The number of ketones is 1. The number of Topliss-reactive ketones (excluding diaryl/α,β-unsaturated/α-hetero) is 1. The SMILES string of the molecule is CC(=O)c1c(F)cncc1OCF.CCc1c(F)cncc1OCF. The molecule has 2 aromatic heterocycles. The number of hydrogen-bond donors (Lipinski definition) is 0. The first-order valence-corrected chi connectivity index (χ1v) is 7.10. The number of alkyl halides is 2. The monoisotopic (exact) mass is 360 g/mol. The van der Waals surface area contributed by atoms with Crippen LogP contribution in [-0.4, -0.2) is 29.5 Å². The third-order valence-corrected chi connectivity index (χ3v) is 2.96. The van der Waals surface area contributed by atoms with E-state index in [2.05, 4.69) is 19.4 Å². The van der Waals surface area contributed by atoms with Crippen molar-refractivity contribution in [2.24, 2.45) is 0 Å². The van der Waals surface area contributed by atoms with Gasteiger partial charge in [0.15, 0.2) is 17.3 Å². The fourth-order valence-electron chi connectivity index (χ4n) is 1.90. The number of pyridine rings is 2. The first-order chi connectivity index (χ1) is 12.0. The zero-order chi connectivity index (χ0) is 18.8. The molecule has 2 rings (SSSR count). The van der Waals surface area contributed by atoms with E-state index in [1.165, 1.54) is 13.1 Å². The maximum absolute atomic E-state index is 12.9. The lowest BCUT2D eigenvalue weighted by Crippen LogP contribution is -2.03. The molecule has 0 aromatic carbocycles. The molecule has 0 bridgehead atoms. The van der Waals surface area contributed by atoms with E-state index in [-0.39, 0.29) is 17.1 Å². The zero-order valence-electron chi connectivity index (χ0n) is 13.6. The van der Waals surface area contributed by atoms with Crippen LogP contribution in [0.5, 0.6) is 11.5 Å². The van der Waals surface area contributed by atoms with Crippen LogP contribution < -0.4 is 9.47 Å². The molecule has 0 saturated carbocycles. The highest BCUT2D eigenvalue weighted by Gasteiger charge is 2.14. The predicted molar refractivity (Wildman–Crippen MR) is 81.0 cm³/mol. The van der Waals surface area contributed by atoms with Crippen LogP contribution in [-0.2, 0) is 6.42 Å². The summed E-state index contributed by atoms with van der Waals surface area (Å²) < 4.78 is 58.3. The standard InChI is InChI=1S/C8H7F2NO2.C8H9F2NO/c1-5(12)8-6(10)2-11-3-7(8)13-4-9;1-2-6-7(10)3-11-4-8(6)12-5-9/h2-3H,4H2,1H3;3-4H,2,5H2,1H3. The number of nitrogens with zero attached hydrogens (tertiary/aromatic N) is 2. The van der Waals surface area contributed by atoms with Gasteiger partial charge in [-0.25, -0.2) is 17.6 Å². The average molecular weight is 360 g/mol.